The first-order chi connectivity index (χ1) is 24.1. The quantitative estimate of drug-likeness (QED) is 0.172. The van der Waals surface area contributed by atoms with Gasteiger partial charge >= 0.3 is 0 Å². The van der Waals surface area contributed by atoms with Crippen LogP contribution in [0.25, 0.3) is 85.9 Å². The fourth-order valence-corrected chi connectivity index (χ4v) is 10.2. The van der Waals surface area contributed by atoms with Crippen LogP contribution in [0.1, 0.15) is 52.7 Å². The normalized spacial score (nSPS) is 13.0. The van der Waals surface area contributed by atoms with Gasteiger partial charge in [-0.2, -0.15) is 0 Å². The average Bonchev–Trinajstić information content (AvgIpc) is 3.90. The Labute approximate surface area is 299 Å². The van der Waals surface area contributed by atoms with E-state index in [1.54, 1.807) is 0 Å². The molecule has 0 aliphatic heterocycles. The van der Waals surface area contributed by atoms with E-state index in [0.717, 1.165) is 0 Å². The molecule has 0 radical (unpaired) electrons. The van der Waals surface area contributed by atoms with E-state index in [1.807, 2.05) is 22.7 Å². The maximum atomic E-state index is 2.61. The number of hydrogen-bond acceptors (Lipinski definition) is 2. The first-order valence-electron chi connectivity index (χ1n) is 17.5. The maximum absolute atomic E-state index is 2.61. The molecule has 0 amide bonds. The van der Waals surface area contributed by atoms with Crippen LogP contribution in [0.15, 0.2) is 120 Å². The summed E-state index contributed by atoms with van der Waals surface area (Å²) in [5, 5.41) is 15.0. The number of thiophene rings is 2. The zero-order valence-corrected chi connectivity index (χ0v) is 30.9. The van der Waals surface area contributed by atoms with Gasteiger partial charge in [-0.25, -0.2) is 0 Å². The fraction of sp³-hybridized carbons (Fsp3) is 0.174. The lowest BCUT2D eigenvalue weighted by Crippen LogP contribution is -2.10. The molecular weight excluding hydrogens is 645 g/mol. The van der Waals surface area contributed by atoms with Crippen molar-refractivity contribution in [1.29, 1.82) is 0 Å². The summed E-state index contributed by atoms with van der Waals surface area (Å²) in [4.78, 5) is 0. The molecule has 0 spiro atoms. The van der Waals surface area contributed by atoms with Gasteiger partial charge in [0.1, 0.15) is 0 Å². The van der Waals surface area contributed by atoms with Gasteiger partial charge in [0.2, 0.25) is 0 Å². The number of nitrogens with zero attached hydrogens (tertiary/aromatic N) is 2. The van der Waals surface area contributed by atoms with Gasteiger partial charge in [-0.1, -0.05) is 114 Å². The summed E-state index contributed by atoms with van der Waals surface area (Å²) >= 11 is 3.72. The van der Waals surface area contributed by atoms with Crippen molar-refractivity contribution in [1.82, 2.24) is 9.13 Å². The Kier molecular flexibility index (Phi) is 6.18. The van der Waals surface area contributed by atoms with Gasteiger partial charge in [0.05, 0.1) is 31.5 Å². The molecule has 2 nitrogen and oxygen atoms in total. The predicted molar refractivity (Wildman–Crippen MR) is 221 cm³/mol. The standard InChI is InChI=1S/C46H38N2S2/c1-45(2,3)27-15-19-29(20-16-27)47-39-37-33-13-9-7-11-31(33)36-24-26-50-44(36)42(37)48(30-21-17-28(18-22-30)46(4,5)6)40(39)38-34-14-10-8-12-32(34)35-23-25-49-43(35)41(38)47/h7-26H,1-6H3. The first kappa shape index (κ1) is 30.0. The highest BCUT2D eigenvalue weighted by Gasteiger charge is 2.29. The molecule has 0 aliphatic rings. The van der Waals surface area contributed by atoms with Crippen LogP contribution in [0.4, 0.5) is 0 Å². The summed E-state index contributed by atoms with van der Waals surface area (Å²) in [5.41, 5.74) is 10.3. The largest absolute Gasteiger partial charge is 0.306 e. The molecule has 0 saturated carbocycles. The zero-order chi connectivity index (χ0) is 34.1. The summed E-state index contributed by atoms with van der Waals surface area (Å²) < 4.78 is 7.88. The lowest BCUT2D eigenvalue weighted by Gasteiger charge is -2.20. The minimum Gasteiger partial charge on any atom is -0.306 e. The Morgan fingerprint density at radius 3 is 1.10 bits per heavy atom. The van der Waals surface area contributed by atoms with Crippen molar-refractivity contribution in [3.8, 4) is 11.4 Å². The number of hydrogen-bond donors (Lipinski definition) is 0. The van der Waals surface area contributed by atoms with Crippen molar-refractivity contribution in [2.75, 3.05) is 0 Å². The van der Waals surface area contributed by atoms with E-state index in [2.05, 4.69) is 171 Å². The van der Waals surface area contributed by atoms with E-state index in [-0.39, 0.29) is 10.8 Å². The van der Waals surface area contributed by atoms with Crippen LogP contribution in [0.2, 0.25) is 0 Å². The summed E-state index contributed by atoms with van der Waals surface area (Å²) in [6.07, 6.45) is 0. The Bertz CT molecular complexity index is 2760. The van der Waals surface area contributed by atoms with Gasteiger partial charge in [-0.3, -0.25) is 0 Å². The van der Waals surface area contributed by atoms with Gasteiger partial charge in [-0.15, -0.1) is 22.7 Å². The molecule has 0 atom stereocenters. The number of benzene rings is 6. The molecule has 0 N–H and O–H groups in total. The third kappa shape index (κ3) is 4.06. The smallest absolute Gasteiger partial charge is 0.0811 e. The molecule has 4 heterocycles. The van der Waals surface area contributed by atoms with Crippen molar-refractivity contribution in [3.63, 3.8) is 0 Å². The average molecular weight is 683 g/mol. The van der Waals surface area contributed by atoms with Crippen LogP contribution in [-0.2, 0) is 10.8 Å². The lowest BCUT2D eigenvalue weighted by atomic mass is 9.87. The van der Waals surface area contributed by atoms with E-state index < -0.39 is 0 Å². The molecule has 10 aromatic rings. The third-order valence-corrected chi connectivity index (χ3v) is 12.6. The predicted octanol–water partition coefficient (Wildman–Crippen LogP) is 14.1. The molecule has 10 rings (SSSR count). The third-order valence-electron chi connectivity index (χ3n) is 10.8. The Morgan fingerprint density at radius 1 is 0.380 bits per heavy atom. The molecule has 50 heavy (non-hydrogen) atoms. The van der Waals surface area contributed by atoms with Crippen molar-refractivity contribution >= 4 is 97.2 Å². The molecule has 0 aliphatic carbocycles. The van der Waals surface area contributed by atoms with E-state index in [4.69, 9.17) is 0 Å². The Hall–Kier alpha value is -4.90. The second kappa shape index (κ2) is 10.3. The summed E-state index contributed by atoms with van der Waals surface area (Å²) in [7, 11) is 0. The van der Waals surface area contributed by atoms with Crippen LogP contribution >= 0.6 is 22.7 Å². The molecule has 0 fully saturated rings. The van der Waals surface area contributed by atoms with Crippen molar-refractivity contribution in [3.05, 3.63) is 131 Å². The summed E-state index contributed by atoms with van der Waals surface area (Å²) in [6.45, 7) is 13.8. The van der Waals surface area contributed by atoms with Crippen molar-refractivity contribution in [2.45, 2.75) is 52.4 Å². The van der Waals surface area contributed by atoms with Crippen LogP contribution in [0.3, 0.4) is 0 Å². The van der Waals surface area contributed by atoms with Crippen LogP contribution in [-0.4, -0.2) is 9.13 Å². The first-order valence-corrected chi connectivity index (χ1v) is 19.3. The highest BCUT2D eigenvalue weighted by atomic mass is 32.1. The number of fused-ring (bicyclic) bond motifs is 15. The van der Waals surface area contributed by atoms with Crippen molar-refractivity contribution in [2.24, 2.45) is 0 Å². The van der Waals surface area contributed by atoms with Crippen LogP contribution < -0.4 is 0 Å². The fourth-order valence-electron chi connectivity index (χ4n) is 8.30. The minimum absolute atomic E-state index is 0.0695. The van der Waals surface area contributed by atoms with Gasteiger partial charge < -0.3 is 9.13 Å². The molecule has 0 bridgehead atoms. The van der Waals surface area contributed by atoms with Crippen LogP contribution in [0, 0.1) is 0 Å². The molecule has 6 aromatic carbocycles. The van der Waals surface area contributed by atoms with Gasteiger partial charge in [-0.05, 0) is 90.7 Å². The van der Waals surface area contributed by atoms with Gasteiger partial charge in [0, 0.05) is 32.9 Å². The highest BCUT2D eigenvalue weighted by Crippen LogP contribution is 2.51. The number of aromatic nitrogens is 2. The molecule has 0 saturated heterocycles. The Morgan fingerprint density at radius 2 is 0.740 bits per heavy atom. The number of rotatable bonds is 2. The maximum Gasteiger partial charge on any atom is 0.0811 e. The van der Waals surface area contributed by atoms with Gasteiger partial charge in [0.25, 0.3) is 0 Å². The Balaban J connectivity index is 1.53. The van der Waals surface area contributed by atoms with E-state index in [9.17, 15) is 0 Å². The topological polar surface area (TPSA) is 9.86 Å². The monoisotopic (exact) mass is 682 g/mol. The van der Waals surface area contributed by atoms with E-state index in [1.165, 1.54) is 97.1 Å². The molecule has 4 aromatic heterocycles. The second-order valence-electron chi connectivity index (χ2n) is 15.8. The zero-order valence-electron chi connectivity index (χ0n) is 29.3. The SMILES string of the molecule is CC(C)(C)c1ccc(-n2c3c4sccc4c4ccccc4c3c3c2c2c4ccccc4c4ccsc4c2n3-c2ccc(C(C)(C)C)cc2)cc1. The second-order valence-corrected chi connectivity index (χ2v) is 17.7. The van der Waals surface area contributed by atoms with Crippen LogP contribution in [0.5, 0.6) is 0 Å². The summed E-state index contributed by atoms with van der Waals surface area (Å²) in [5.74, 6) is 0. The minimum atomic E-state index is 0.0695. The van der Waals surface area contributed by atoms with Gasteiger partial charge in [0.15, 0.2) is 0 Å². The van der Waals surface area contributed by atoms with E-state index >= 15 is 0 Å². The van der Waals surface area contributed by atoms with E-state index in [0.29, 0.717) is 0 Å². The summed E-state index contributed by atoms with van der Waals surface area (Å²) in [6, 6.07) is 41.4. The molecule has 4 heteroatoms. The molecular formula is C46H38N2S2. The lowest BCUT2D eigenvalue weighted by molar-refractivity contribution is 0.590. The highest BCUT2D eigenvalue weighted by molar-refractivity contribution is 7.19. The molecule has 244 valence electrons. The molecule has 0 unspecified atom stereocenters. The van der Waals surface area contributed by atoms with Crippen molar-refractivity contribution < 1.29 is 0 Å².